The summed E-state index contributed by atoms with van der Waals surface area (Å²) < 4.78 is 4.74. The Bertz CT molecular complexity index is 1520. The number of para-hydroxylation sites is 2. The lowest BCUT2D eigenvalue weighted by Gasteiger charge is -2.16. The van der Waals surface area contributed by atoms with Gasteiger partial charge in [0.1, 0.15) is 0 Å². The third kappa shape index (κ3) is 2.99. The fourth-order valence-corrected chi connectivity index (χ4v) is 5.82. The van der Waals surface area contributed by atoms with Crippen molar-refractivity contribution in [2.24, 2.45) is 0 Å². The molecule has 0 fully saturated rings. The Morgan fingerprint density at radius 1 is 0.774 bits per heavy atom. The third-order valence-electron chi connectivity index (χ3n) is 5.73. The molecule has 0 N–H and O–H groups in total. The van der Waals surface area contributed by atoms with E-state index in [0.29, 0.717) is 6.54 Å². The molecule has 3 nitrogen and oxygen atoms in total. The number of aromatic nitrogens is 2. The van der Waals surface area contributed by atoms with Crippen LogP contribution in [0.1, 0.15) is 5.56 Å². The molecule has 1 aliphatic heterocycles. The first-order valence-corrected chi connectivity index (χ1v) is 11.7. The Hall–Kier alpha value is -3.02. The lowest BCUT2D eigenvalue weighted by Crippen LogP contribution is -2.24. The molecule has 1 aliphatic rings. The first-order chi connectivity index (χ1) is 15.2. The smallest absolute Gasteiger partial charge is 0.287 e. The van der Waals surface area contributed by atoms with E-state index in [1.807, 2.05) is 57.7 Å². The van der Waals surface area contributed by atoms with Gasteiger partial charge in [-0.2, -0.15) is 0 Å². The molecule has 0 bridgehead atoms. The van der Waals surface area contributed by atoms with Crippen LogP contribution in [0.15, 0.2) is 110 Å². The van der Waals surface area contributed by atoms with E-state index in [9.17, 15) is 4.79 Å². The summed E-state index contributed by atoms with van der Waals surface area (Å²) in [4.78, 5) is 15.8. The van der Waals surface area contributed by atoms with E-state index in [1.54, 1.807) is 11.8 Å². The highest BCUT2D eigenvalue weighted by molar-refractivity contribution is 9.10. The molecule has 31 heavy (non-hydrogen) atoms. The Kier molecular flexibility index (Phi) is 4.40. The van der Waals surface area contributed by atoms with E-state index in [-0.39, 0.29) is 5.69 Å². The molecule has 0 unspecified atom stereocenters. The quantitative estimate of drug-likeness (QED) is 0.278. The number of rotatable bonds is 3. The molecule has 0 amide bonds. The van der Waals surface area contributed by atoms with Crippen molar-refractivity contribution in [2.75, 3.05) is 0 Å². The maximum absolute atomic E-state index is 13.6. The average Bonchev–Trinajstić information content (AvgIpc) is 3.09. The summed E-state index contributed by atoms with van der Waals surface area (Å²) in [6, 6.07) is 30.9. The van der Waals surface area contributed by atoms with Gasteiger partial charge in [0.2, 0.25) is 0 Å². The van der Waals surface area contributed by atoms with Crippen LogP contribution in [0, 0.1) is 0 Å². The maximum atomic E-state index is 13.6. The molecule has 2 heterocycles. The maximum Gasteiger partial charge on any atom is 0.334 e. The zero-order valence-electron chi connectivity index (χ0n) is 16.5. The van der Waals surface area contributed by atoms with Crippen LogP contribution in [-0.2, 0) is 6.54 Å². The number of fused-ring (bicyclic) bond motifs is 2. The van der Waals surface area contributed by atoms with E-state index >= 15 is 0 Å². The van der Waals surface area contributed by atoms with Crippen molar-refractivity contribution in [2.45, 2.75) is 16.3 Å². The predicted molar refractivity (Wildman–Crippen MR) is 130 cm³/mol. The lowest BCUT2D eigenvalue weighted by molar-refractivity contribution is 0.758. The molecule has 5 aromatic rings. The Morgan fingerprint density at radius 3 is 2.39 bits per heavy atom. The van der Waals surface area contributed by atoms with Crippen molar-refractivity contribution in [1.82, 2.24) is 9.13 Å². The first-order valence-electron chi connectivity index (χ1n) is 10.1. The van der Waals surface area contributed by atoms with Crippen molar-refractivity contribution in [1.29, 1.82) is 0 Å². The second-order valence-electron chi connectivity index (χ2n) is 7.57. The van der Waals surface area contributed by atoms with Crippen LogP contribution in [0.25, 0.3) is 27.8 Å². The van der Waals surface area contributed by atoms with Gasteiger partial charge in [0.25, 0.3) is 0 Å². The molecule has 6 rings (SSSR count). The zero-order valence-corrected chi connectivity index (χ0v) is 18.9. The number of nitrogens with zero attached hydrogens (tertiary/aromatic N) is 2. The van der Waals surface area contributed by atoms with Crippen molar-refractivity contribution in [3.05, 3.63) is 112 Å². The molecule has 0 atom stereocenters. The van der Waals surface area contributed by atoms with Crippen molar-refractivity contribution in [3.63, 3.8) is 0 Å². The summed E-state index contributed by atoms with van der Waals surface area (Å²) in [5.74, 6) is 0. The van der Waals surface area contributed by atoms with Crippen LogP contribution in [-0.4, -0.2) is 9.13 Å². The van der Waals surface area contributed by atoms with Crippen LogP contribution >= 0.6 is 27.7 Å². The van der Waals surface area contributed by atoms with Crippen LogP contribution in [0.2, 0.25) is 0 Å². The van der Waals surface area contributed by atoms with Crippen molar-refractivity contribution in [3.8, 4) is 16.8 Å². The minimum absolute atomic E-state index is 0.00534. The largest absolute Gasteiger partial charge is 0.334 e. The van der Waals surface area contributed by atoms with Crippen LogP contribution in [0.5, 0.6) is 0 Å². The van der Waals surface area contributed by atoms with Gasteiger partial charge in [0.05, 0.1) is 23.3 Å². The summed E-state index contributed by atoms with van der Waals surface area (Å²) in [6.45, 7) is 0.508. The first kappa shape index (κ1) is 18.7. The summed E-state index contributed by atoms with van der Waals surface area (Å²) in [7, 11) is 0. The van der Waals surface area contributed by atoms with Gasteiger partial charge < -0.3 is 0 Å². The number of hydrogen-bond acceptors (Lipinski definition) is 2. The van der Waals surface area contributed by atoms with E-state index in [2.05, 4.69) is 58.4 Å². The van der Waals surface area contributed by atoms with E-state index in [0.717, 1.165) is 42.1 Å². The normalized spacial score (nSPS) is 12.2. The minimum atomic E-state index is -0.00534. The Labute approximate surface area is 192 Å². The van der Waals surface area contributed by atoms with E-state index in [4.69, 9.17) is 0 Å². The fraction of sp³-hybridized carbons (Fsp3) is 0.0385. The molecule has 1 aromatic heterocycles. The molecule has 0 saturated carbocycles. The Balaban J connectivity index is 1.49. The van der Waals surface area contributed by atoms with E-state index in [1.165, 1.54) is 5.56 Å². The molecule has 0 saturated heterocycles. The van der Waals surface area contributed by atoms with E-state index < -0.39 is 0 Å². The summed E-state index contributed by atoms with van der Waals surface area (Å²) >= 11 is 5.46. The van der Waals surface area contributed by atoms with Crippen LogP contribution in [0.3, 0.4) is 0 Å². The molecule has 0 spiro atoms. The summed E-state index contributed by atoms with van der Waals surface area (Å²) in [5, 5.41) is 0. The molecular formula is C26H17BrN2OS. The minimum Gasteiger partial charge on any atom is -0.287 e. The van der Waals surface area contributed by atoms with Gasteiger partial charge in [-0.25, -0.2) is 4.79 Å². The summed E-state index contributed by atoms with van der Waals surface area (Å²) in [6.07, 6.45) is 0. The van der Waals surface area contributed by atoms with Crippen LogP contribution in [0.4, 0.5) is 0 Å². The van der Waals surface area contributed by atoms with Gasteiger partial charge in [-0.05, 0) is 47.0 Å². The Morgan fingerprint density at radius 2 is 1.55 bits per heavy atom. The standard InChI is InChI=1S/C26H17BrN2OS/c27-20-15-18(17-7-2-1-3-8-17)13-14-19(20)16-28-22-10-6-12-24-25(22)29(26(28)30)21-9-4-5-11-23(21)31-24/h1-15H,16H2. The van der Waals surface area contributed by atoms with Gasteiger partial charge in [0.15, 0.2) is 0 Å². The monoisotopic (exact) mass is 484 g/mol. The SMILES string of the molecule is O=c1n(Cc2ccc(-c3ccccc3)cc2Br)c2cccc3c2n1-c1ccccc1S3. The topological polar surface area (TPSA) is 26.9 Å². The average molecular weight is 485 g/mol. The van der Waals surface area contributed by atoms with Crippen LogP contribution < -0.4 is 5.69 Å². The molecule has 5 heteroatoms. The number of imidazole rings is 1. The van der Waals surface area contributed by atoms with Gasteiger partial charge in [-0.1, -0.05) is 88.4 Å². The zero-order chi connectivity index (χ0) is 20.9. The van der Waals surface area contributed by atoms with Gasteiger partial charge in [0, 0.05) is 14.3 Å². The number of hydrogen-bond donors (Lipinski definition) is 0. The molecule has 0 radical (unpaired) electrons. The highest BCUT2D eigenvalue weighted by Gasteiger charge is 2.24. The highest BCUT2D eigenvalue weighted by Crippen LogP contribution is 2.41. The number of benzene rings is 4. The van der Waals surface area contributed by atoms with Gasteiger partial charge in [-0.15, -0.1) is 0 Å². The van der Waals surface area contributed by atoms with Gasteiger partial charge >= 0.3 is 5.69 Å². The highest BCUT2D eigenvalue weighted by atomic mass is 79.9. The molecule has 0 aliphatic carbocycles. The second kappa shape index (κ2) is 7.29. The third-order valence-corrected chi connectivity index (χ3v) is 7.58. The van der Waals surface area contributed by atoms with Crippen molar-refractivity contribution >= 4 is 38.7 Å². The summed E-state index contributed by atoms with van der Waals surface area (Å²) in [5.41, 5.74) is 6.31. The fourth-order valence-electron chi connectivity index (χ4n) is 4.23. The molecule has 150 valence electrons. The van der Waals surface area contributed by atoms with Gasteiger partial charge in [-0.3, -0.25) is 9.13 Å². The molecule has 4 aromatic carbocycles. The lowest BCUT2D eigenvalue weighted by atomic mass is 10.0. The van der Waals surface area contributed by atoms with Crippen molar-refractivity contribution < 1.29 is 0 Å². The molecular weight excluding hydrogens is 468 g/mol. The second-order valence-corrected chi connectivity index (χ2v) is 9.51. The predicted octanol–water partition coefficient (Wildman–Crippen LogP) is 6.73. The number of halogens is 1.